The van der Waals surface area contributed by atoms with E-state index in [1.807, 2.05) is 0 Å². The van der Waals surface area contributed by atoms with Crippen LogP contribution in [0.2, 0.25) is 0 Å². The number of hydrogen-bond donors (Lipinski definition) is 3. The predicted octanol–water partition coefficient (Wildman–Crippen LogP) is -0.595. The fourth-order valence-electron chi connectivity index (χ4n) is 1.71. The zero-order valence-electron chi connectivity index (χ0n) is 9.63. The predicted molar refractivity (Wildman–Crippen MR) is 59.8 cm³/mol. The van der Waals surface area contributed by atoms with E-state index in [0.717, 1.165) is 5.69 Å². The number of carbonyl (C=O) groups is 2. The SMILES string of the molecule is O=C(O)C1COCCN1C(=O)NCc1cnc[nH]1. The molecule has 2 heterocycles. The lowest BCUT2D eigenvalue weighted by Crippen LogP contribution is -2.55. The van der Waals surface area contributed by atoms with Gasteiger partial charge in [0.1, 0.15) is 0 Å². The van der Waals surface area contributed by atoms with Crippen LogP contribution in [0.5, 0.6) is 0 Å². The number of aromatic amines is 1. The van der Waals surface area contributed by atoms with Gasteiger partial charge in [0, 0.05) is 12.7 Å². The van der Waals surface area contributed by atoms with E-state index in [1.54, 1.807) is 6.20 Å². The second kappa shape index (κ2) is 5.50. The number of morpholine rings is 1. The minimum absolute atomic E-state index is 0.0206. The summed E-state index contributed by atoms with van der Waals surface area (Å²) in [5.74, 6) is -1.06. The van der Waals surface area contributed by atoms with E-state index in [-0.39, 0.29) is 19.7 Å². The van der Waals surface area contributed by atoms with Crippen LogP contribution in [0.25, 0.3) is 0 Å². The number of aromatic nitrogens is 2. The number of aliphatic carboxylic acids is 1. The minimum atomic E-state index is -1.06. The van der Waals surface area contributed by atoms with E-state index < -0.39 is 18.0 Å². The van der Waals surface area contributed by atoms with Gasteiger partial charge in [-0.05, 0) is 0 Å². The molecule has 1 aromatic heterocycles. The maximum atomic E-state index is 11.9. The monoisotopic (exact) mass is 254 g/mol. The number of carboxylic acids is 1. The van der Waals surface area contributed by atoms with E-state index in [4.69, 9.17) is 9.84 Å². The molecule has 1 saturated heterocycles. The summed E-state index contributed by atoms with van der Waals surface area (Å²) in [6, 6.07) is -1.35. The molecule has 18 heavy (non-hydrogen) atoms. The Hall–Kier alpha value is -2.09. The molecule has 8 nitrogen and oxygen atoms in total. The Morgan fingerprint density at radius 3 is 3.17 bits per heavy atom. The highest BCUT2D eigenvalue weighted by molar-refractivity contribution is 5.82. The average Bonchev–Trinajstić information content (AvgIpc) is 2.89. The Balaban J connectivity index is 1.92. The highest BCUT2D eigenvalue weighted by atomic mass is 16.5. The van der Waals surface area contributed by atoms with E-state index >= 15 is 0 Å². The first-order valence-corrected chi connectivity index (χ1v) is 5.51. The lowest BCUT2D eigenvalue weighted by Gasteiger charge is -2.32. The number of nitrogens with zero attached hydrogens (tertiary/aromatic N) is 2. The van der Waals surface area contributed by atoms with Gasteiger partial charge in [0.25, 0.3) is 0 Å². The van der Waals surface area contributed by atoms with Gasteiger partial charge in [0.2, 0.25) is 0 Å². The van der Waals surface area contributed by atoms with Crippen molar-refractivity contribution in [3.63, 3.8) is 0 Å². The van der Waals surface area contributed by atoms with Crippen LogP contribution in [-0.4, -0.2) is 57.8 Å². The van der Waals surface area contributed by atoms with Crippen molar-refractivity contribution < 1.29 is 19.4 Å². The Morgan fingerprint density at radius 1 is 1.67 bits per heavy atom. The lowest BCUT2D eigenvalue weighted by molar-refractivity contribution is -0.147. The number of amides is 2. The fourth-order valence-corrected chi connectivity index (χ4v) is 1.71. The summed E-state index contributed by atoms with van der Waals surface area (Å²) in [7, 11) is 0. The molecule has 1 atom stereocenters. The van der Waals surface area contributed by atoms with Crippen molar-refractivity contribution in [3.8, 4) is 0 Å². The lowest BCUT2D eigenvalue weighted by atomic mass is 10.2. The maximum absolute atomic E-state index is 11.9. The van der Waals surface area contributed by atoms with Crippen LogP contribution in [0.3, 0.4) is 0 Å². The molecule has 3 N–H and O–H groups in total. The van der Waals surface area contributed by atoms with Gasteiger partial charge in [0.05, 0.1) is 31.8 Å². The summed E-state index contributed by atoms with van der Waals surface area (Å²) in [5.41, 5.74) is 0.753. The Kier molecular flexibility index (Phi) is 3.78. The molecule has 0 spiro atoms. The van der Waals surface area contributed by atoms with E-state index in [1.165, 1.54) is 11.2 Å². The highest BCUT2D eigenvalue weighted by Gasteiger charge is 2.32. The molecule has 0 aromatic carbocycles. The molecular weight excluding hydrogens is 240 g/mol. The highest BCUT2D eigenvalue weighted by Crippen LogP contribution is 2.07. The molecule has 1 aliphatic heterocycles. The van der Waals surface area contributed by atoms with Crippen LogP contribution in [0.1, 0.15) is 5.69 Å². The summed E-state index contributed by atoms with van der Waals surface area (Å²) in [4.78, 5) is 30.8. The first-order valence-electron chi connectivity index (χ1n) is 5.51. The second-order valence-electron chi connectivity index (χ2n) is 3.86. The zero-order valence-corrected chi connectivity index (χ0v) is 9.63. The van der Waals surface area contributed by atoms with Crippen LogP contribution in [0.4, 0.5) is 4.79 Å². The number of carbonyl (C=O) groups excluding carboxylic acids is 1. The van der Waals surface area contributed by atoms with Gasteiger partial charge < -0.3 is 25.0 Å². The van der Waals surface area contributed by atoms with Crippen molar-refractivity contribution in [1.82, 2.24) is 20.2 Å². The van der Waals surface area contributed by atoms with Gasteiger partial charge in [-0.1, -0.05) is 0 Å². The first kappa shape index (κ1) is 12.4. The molecule has 98 valence electrons. The van der Waals surface area contributed by atoms with Gasteiger partial charge in [0.15, 0.2) is 6.04 Å². The number of imidazole rings is 1. The summed E-state index contributed by atoms with van der Waals surface area (Å²) in [5, 5.41) is 11.6. The summed E-state index contributed by atoms with van der Waals surface area (Å²) >= 11 is 0. The molecular formula is C10H14N4O4. The quantitative estimate of drug-likeness (QED) is 0.668. The van der Waals surface area contributed by atoms with Crippen LogP contribution < -0.4 is 5.32 Å². The topological polar surface area (TPSA) is 108 Å². The summed E-state index contributed by atoms with van der Waals surface area (Å²) in [6.07, 6.45) is 3.10. The maximum Gasteiger partial charge on any atom is 0.328 e. The van der Waals surface area contributed by atoms with Crippen LogP contribution >= 0.6 is 0 Å². The molecule has 1 aliphatic rings. The van der Waals surface area contributed by atoms with Gasteiger partial charge in [-0.15, -0.1) is 0 Å². The van der Waals surface area contributed by atoms with Crippen molar-refractivity contribution in [2.75, 3.05) is 19.8 Å². The number of carboxylic acid groups (broad SMARTS) is 1. The van der Waals surface area contributed by atoms with Crippen LogP contribution in [-0.2, 0) is 16.1 Å². The molecule has 1 aromatic rings. The van der Waals surface area contributed by atoms with Gasteiger partial charge in [-0.2, -0.15) is 0 Å². The molecule has 1 fully saturated rings. The summed E-state index contributed by atoms with van der Waals surface area (Å²) < 4.78 is 5.06. The zero-order chi connectivity index (χ0) is 13.0. The largest absolute Gasteiger partial charge is 0.480 e. The van der Waals surface area contributed by atoms with Crippen molar-refractivity contribution >= 4 is 12.0 Å². The third-order valence-corrected chi connectivity index (χ3v) is 2.66. The molecule has 0 aliphatic carbocycles. The van der Waals surface area contributed by atoms with E-state index in [0.29, 0.717) is 6.61 Å². The molecule has 2 amide bonds. The number of ether oxygens (including phenoxy) is 1. The van der Waals surface area contributed by atoms with Crippen molar-refractivity contribution in [2.45, 2.75) is 12.6 Å². The Morgan fingerprint density at radius 2 is 2.50 bits per heavy atom. The third-order valence-electron chi connectivity index (χ3n) is 2.66. The van der Waals surface area contributed by atoms with Crippen LogP contribution in [0, 0.1) is 0 Å². The number of hydrogen-bond acceptors (Lipinski definition) is 4. The van der Waals surface area contributed by atoms with Crippen LogP contribution in [0.15, 0.2) is 12.5 Å². The standard InChI is InChI=1S/C10H14N4O4/c15-9(16)8-5-18-2-1-14(8)10(17)12-4-7-3-11-6-13-7/h3,6,8H,1-2,4-5H2,(H,11,13)(H,12,17)(H,15,16). The second-order valence-corrected chi connectivity index (χ2v) is 3.86. The van der Waals surface area contributed by atoms with Crippen molar-refractivity contribution in [2.24, 2.45) is 0 Å². The summed E-state index contributed by atoms with van der Waals surface area (Å²) in [6.45, 7) is 0.919. The molecule has 1 unspecified atom stereocenters. The average molecular weight is 254 g/mol. The molecule has 0 bridgehead atoms. The molecule has 2 rings (SSSR count). The van der Waals surface area contributed by atoms with Crippen molar-refractivity contribution in [3.05, 3.63) is 18.2 Å². The minimum Gasteiger partial charge on any atom is -0.480 e. The van der Waals surface area contributed by atoms with E-state index in [9.17, 15) is 9.59 Å². The third kappa shape index (κ3) is 2.77. The number of rotatable bonds is 3. The van der Waals surface area contributed by atoms with E-state index in [2.05, 4.69) is 15.3 Å². The molecule has 0 radical (unpaired) electrons. The van der Waals surface area contributed by atoms with Gasteiger partial charge in [-0.3, -0.25) is 0 Å². The normalized spacial score (nSPS) is 19.6. The van der Waals surface area contributed by atoms with Crippen molar-refractivity contribution in [1.29, 1.82) is 0 Å². The number of H-pyrrole nitrogens is 1. The smallest absolute Gasteiger partial charge is 0.328 e. The molecule has 0 saturated carbocycles. The number of nitrogens with one attached hydrogen (secondary N) is 2. The Bertz CT molecular complexity index is 420. The molecule has 8 heteroatoms. The fraction of sp³-hybridized carbons (Fsp3) is 0.500. The first-order chi connectivity index (χ1) is 8.68. The Labute approximate surface area is 103 Å². The van der Waals surface area contributed by atoms with Gasteiger partial charge in [-0.25, -0.2) is 14.6 Å². The van der Waals surface area contributed by atoms with Gasteiger partial charge >= 0.3 is 12.0 Å². The number of urea groups is 1.